The molecule has 2 unspecified atom stereocenters. The minimum atomic E-state index is -0.0807. The highest BCUT2D eigenvalue weighted by Crippen LogP contribution is 2.61. The first kappa shape index (κ1) is 15.9. The van der Waals surface area contributed by atoms with Crippen LogP contribution in [0.25, 0.3) is 0 Å². The van der Waals surface area contributed by atoms with Crippen molar-refractivity contribution in [2.24, 2.45) is 5.92 Å². The molecule has 1 spiro atoms. The zero-order valence-electron chi connectivity index (χ0n) is 14.5. The predicted octanol–water partition coefficient (Wildman–Crippen LogP) is 4.18. The van der Waals surface area contributed by atoms with Crippen molar-refractivity contribution in [1.29, 1.82) is 5.26 Å². The van der Waals surface area contributed by atoms with Crippen LogP contribution < -0.4 is 10.1 Å². The van der Waals surface area contributed by atoms with Gasteiger partial charge in [0.15, 0.2) is 0 Å². The molecule has 0 bridgehead atoms. The molecule has 0 saturated heterocycles. The molecule has 2 heterocycles. The fourth-order valence-electron chi connectivity index (χ4n) is 4.68. The molecule has 3 aliphatic rings. The van der Waals surface area contributed by atoms with Crippen LogP contribution in [-0.2, 0) is 23.1 Å². The van der Waals surface area contributed by atoms with Crippen molar-refractivity contribution < 1.29 is 9.53 Å². The summed E-state index contributed by atoms with van der Waals surface area (Å²) in [6.07, 6.45) is 6.05. The fourth-order valence-corrected chi connectivity index (χ4v) is 5.92. The van der Waals surface area contributed by atoms with Gasteiger partial charge in [-0.3, -0.25) is 4.79 Å². The Labute approximate surface area is 156 Å². The molecule has 1 saturated carbocycles. The average Bonchev–Trinajstić information content (AvgIpc) is 3.27. The molecule has 4 nitrogen and oxygen atoms in total. The van der Waals surface area contributed by atoms with Crippen molar-refractivity contribution in [1.82, 2.24) is 0 Å². The first-order valence-corrected chi connectivity index (χ1v) is 10.1. The number of hydrogen-bond donors (Lipinski definition) is 1. The third kappa shape index (κ3) is 2.29. The number of fused-ring (bicyclic) bond motifs is 3. The normalized spacial score (nSPS) is 25.6. The average molecular weight is 364 g/mol. The smallest absolute Gasteiger partial charge is 0.229 e. The molecule has 2 atom stereocenters. The van der Waals surface area contributed by atoms with Gasteiger partial charge in [-0.05, 0) is 50.2 Å². The van der Waals surface area contributed by atoms with Gasteiger partial charge in [0.2, 0.25) is 5.91 Å². The van der Waals surface area contributed by atoms with Gasteiger partial charge in [-0.15, -0.1) is 11.3 Å². The number of rotatable bonds is 2. The molecule has 1 aromatic heterocycles. The number of nitrogens with zero attached hydrogens (tertiary/aromatic N) is 1. The number of benzene rings is 1. The van der Waals surface area contributed by atoms with E-state index in [1.165, 1.54) is 16.9 Å². The zero-order chi connectivity index (χ0) is 17.7. The lowest BCUT2D eigenvalue weighted by Crippen LogP contribution is -2.26. The van der Waals surface area contributed by atoms with Crippen molar-refractivity contribution >= 4 is 22.2 Å². The second kappa shape index (κ2) is 5.85. The van der Waals surface area contributed by atoms with Gasteiger partial charge in [0.25, 0.3) is 0 Å². The van der Waals surface area contributed by atoms with Crippen LogP contribution in [0.3, 0.4) is 0 Å². The van der Waals surface area contributed by atoms with Gasteiger partial charge < -0.3 is 10.1 Å². The standard InChI is InChI=1S/C21H20N2O2S/c22-12-14-13-5-1-4-8-18(13)26-20(14)23-19(24)16-11-21(16)9-10-25-17-7-3-2-6-15(17)21/h2-3,6-7,16H,1,4-5,8-11H2,(H,23,24). The highest BCUT2D eigenvalue weighted by Gasteiger charge is 2.61. The number of hydrogen-bond acceptors (Lipinski definition) is 4. The van der Waals surface area contributed by atoms with Gasteiger partial charge >= 0.3 is 0 Å². The molecule has 1 fully saturated rings. The molecular formula is C21H20N2O2S. The number of thiophene rings is 1. The van der Waals surface area contributed by atoms with E-state index in [0.29, 0.717) is 12.2 Å². The molecule has 5 rings (SSSR count). The molecule has 2 aliphatic carbocycles. The van der Waals surface area contributed by atoms with Gasteiger partial charge in [-0.25, -0.2) is 0 Å². The lowest BCUT2D eigenvalue weighted by atomic mass is 9.87. The van der Waals surface area contributed by atoms with E-state index in [1.54, 1.807) is 11.3 Å². The molecule has 5 heteroatoms. The molecule has 1 amide bonds. The van der Waals surface area contributed by atoms with E-state index in [1.807, 2.05) is 18.2 Å². The van der Waals surface area contributed by atoms with Crippen LogP contribution in [0.15, 0.2) is 24.3 Å². The first-order chi connectivity index (χ1) is 12.7. The largest absolute Gasteiger partial charge is 0.493 e. The van der Waals surface area contributed by atoms with Crippen LogP contribution in [0.5, 0.6) is 5.75 Å². The number of aryl methyl sites for hydroxylation is 1. The van der Waals surface area contributed by atoms with Crippen molar-refractivity contribution in [2.75, 3.05) is 11.9 Å². The third-order valence-electron chi connectivity index (χ3n) is 6.14. The monoisotopic (exact) mass is 364 g/mol. The number of amides is 1. The minimum absolute atomic E-state index is 0.0294. The molecule has 26 heavy (non-hydrogen) atoms. The summed E-state index contributed by atoms with van der Waals surface area (Å²) in [5, 5.41) is 13.4. The second-order valence-electron chi connectivity index (χ2n) is 7.52. The van der Waals surface area contributed by atoms with Crippen LogP contribution in [0.4, 0.5) is 5.00 Å². The summed E-state index contributed by atoms with van der Waals surface area (Å²) in [4.78, 5) is 14.3. The Kier molecular flexibility index (Phi) is 3.58. The Morgan fingerprint density at radius 3 is 3.04 bits per heavy atom. The van der Waals surface area contributed by atoms with Crippen LogP contribution in [0, 0.1) is 17.2 Å². The third-order valence-corrected chi connectivity index (χ3v) is 7.35. The van der Waals surface area contributed by atoms with Crippen LogP contribution in [0.1, 0.15) is 47.3 Å². The summed E-state index contributed by atoms with van der Waals surface area (Å²) < 4.78 is 5.76. The highest BCUT2D eigenvalue weighted by atomic mass is 32.1. The molecule has 132 valence electrons. The van der Waals surface area contributed by atoms with Crippen molar-refractivity contribution in [3.05, 3.63) is 45.8 Å². The Morgan fingerprint density at radius 1 is 1.31 bits per heavy atom. The van der Waals surface area contributed by atoms with Gasteiger partial charge in [0, 0.05) is 21.8 Å². The lowest BCUT2D eigenvalue weighted by molar-refractivity contribution is -0.117. The van der Waals surface area contributed by atoms with Crippen molar-refractivity contribution in [3.8, 4) is 11.8 Å². The molecule has 1 N–H and O–H groups in total. The Bertz CT molecular complexity index is 942. The summed E-state index contributed by atoms with van der Waals surface area (Å²) in [6.45, 7) is 0.664. The van der Waals surface area contributed by atoms with E-state index < -0.39 is 0 Å². The predicted molar refractivity (Wildman–Crippen MR) is 101 cm³/mol. The maximum absolute atomic E-state index is 13.0. The highest BCUT2D eigenvalue weighted by molar-refractivity contribution is 7.16. The van der Waals surface area contributed by atoms with Crippen molar-refractivity contribution in [2.45, 2.75) is 43.9 Å². The minimum Gasteiger partial charge on any atom is -0.493 e. The van der Waals surface area contributed by atoms with E-state index in [-0.39, 0.29) is 17.2 Å². The summed E-state index contributed by atoms with van der Waals surface area (Å²) in [7, 11) is 0. The number of carbonyl (C=O) groups is 1. The summed E-state index contributed by atoms with van der Waals surface area (Å²) in [6, 6.07) is 10.4. The van der Waals surface area contributed by atoms with Crippen molar-refractivity contribution in [3.63, 3.8) is 0 Å². The maximum Gasteiger partial charge on any atom is 0.229 e. The molecule has 1 aromatic carbocycles. The van der Waals surface area contributed by atoms with Gasteiger partial charge in [-0.1, -0.05) is 18.2 Å². The second-order valence-corrected chi connectivity index (χ2v) is 8.63. The van der Waals surface area contributed by atoms with Gasteiger partial charge in [-0.2, -0.15) is 5.26 Å². The van der Waals surface area contributed by atoms with Gasteiger partial charge in [0.05, 0.1) is 12.2 Å². The van der Waals surface area contributed by atoms with Crippen LogP contribution in [-0.4, -0.2) is 12.5 Å². The number of nitriles is 1. The SMILES string of the molecule is N#Cc1c(NC(=O)C2CC23CCOc2ccccc23)sc2c1CCCC2. The Balaban J connectivity index is 1.41. The van der Waals surface area contributed by atoms with E-state index in [9.17, 15) is 10.1 Å². The maximum atomic E-state index is 13.0. The van der Waals surface area contributed by atoms with E-state index in [4.69, 9.17) is 4.74 Å². The number of carbonyl (C=O) groups excluding carboxylic acids is 1. The molecule has 1 aliphatic heterocycles. The number of ether oxygens (including phenoxy) is 1. The summed E-state index contributed by atoms with van der Waals surface area (Å²) in [5.74, 6) is 0.938. The number of nitrogens with one attached hydrogen (secondary N) is 1. The summed E-state index contributed by atoms with van der Waals surface area (Å²) in [5.41, 5.74) is 2.95. The first-order valence-electron chi connectivity index (χ1n) is 9.31. The topological polar surface area (TPSA) is 62.1 Å². The van der Waals surface area contributed by atoms with E-state index >= 15 is 0 Å². The lowest BCUT2D eigenvalue weighted by Gasteiger charge is -2.26. The van der Waals surface area contributed by atoms with E-state index in [0.717, 1.165) is 48.4 Å². The Hall–Kier alpha value is -2.32. The molecule has 2 aromatic rings. The Morgan fingerprint density at radius 2 is 2.15 bits per heavy atom. The molecular weight excluding hydrogens is 344 g/mol. The van der Waals surface area contributed by atoms with Gasteiger partial charge in [0.1, 0.15) is 16.8 Å². The van der Waals surface area contributed by atoms with Crippen LogP contribution in [0.2, 0.25) is 0 Å². The zero-order valence-corrected chi connectivity index (χ0v) is 15.3. The molecule has 0 radical (unpaired) electrons. The number of anilines is 1. The quantitative estimate of drug-likeness (QED) is 0.870. The van der Waals surface area contributed by atoms with E-state index in [2.05, 4.69) is 17.5 Å². The fraction of sp³-hybridized carbons (Fsp3) is 0.429. The summed E-state index contributed by atoms with van der Waals surface area (Å²) >= 11 is 1.60. The van der Waals surface area contributed by atoms with Crippen LogP contribution >= 0.6 is 11.3 Å². The number of para-hydroxylation sites is 1.